The van der Waals surface area contributed by atoms with Gasteiger partial charge in [0.1, 0.15) is 11.5 Å². The lowest BCUT2D eigenvalue weighted by molar-refractivity contribution is -0.140. The van der Waals surface area contributed by atoms with Crippen molar-refractivity contribution in [1.82, 2.24) is 9.80 Å². The van der Waals surface area contributed by atoms with Gasteiger partial charge in [0.05, 0.1) is 31.9 Å². The van der Waals surface area contributed by atoms with Gasteiger partial charge in [-0.05, 0) is 47.0 Å². The minimum Gasteiger partial charge on any atom is -0.507 e. The van der Waals surface area contributed by atoms with E-state index in [1.807, 2.05) is 42.5 Å². The molecule has 2 aliphatic rings. The van der Waals surface area contributed by atoms with E-state index in [2.05, 4.69) is 4.90 Å². The number of fused-ring (bicyclic) bond motifs is 1. The fourth-order valence-electron chi connectivity index (χ4n) is 5.12. The van der Waals surface area contributed by atoms with Crippen LogP contribution in [0.1, 0.15) is 23.6 Å². The summed E-state index contributed by atoms with van der Waals surface area (Å²) >= 11 is 0. The summed E-state index contributed by atoms with van der Waals surface area (Å²) in [4.78, 5) is 30.6. The zero-order valence-corrected chi connectivity index (χ0v) is 20.4. The molecule has 0 spiro atoms. The molecule has 3 aromatic carbocycles. The van der Waals surface area contributed by atoms with Gasteiger partial charge in [-0.1, -0.05) is 42.5 Å². The number of nitrogens with zero attached hydrogens (tertiary/aromatic N) is 2. The van der Waals surface area contributed by atoms with Crippen molar-refractivity contribution >= 4 is 28.2 Å². The number of carbonyl (C=O) groups excluding carboxylic acids is 2. The fraction of sp³-hybridized carbons (Fsp3) is 0.310. The van der Waals surface area contributed by atoms with Crippen LogP contribution in [0.25, 0.3) is 16.5 Å². The van der Waals surface area contributed by atoms with Crippen LogP contribution in [0.4, 0.5) is 0 Å². The Labute approximate surface area is 210 Å². The van der Waals surface area contributed by atoms with Crippen molar-refractivity contribution in [3.05, 3.63) is 83.4 Å². The van der Waals surface area contributed by atoms with Crippen molar-refractivity contribution in [1.29, 1.82) is 0 Å². The van der Waals surface area contributed by atoms with Gasteiger partial charge in [0.15, 0.2) is 0 Å². The molecule has 1 amide bonds. The first-order valence-electron chi connectivity index (χ1n) is 12.3. The Morgan fingerprint density at radius 1 is 0.972 bits per heavy atom. The second-order valence-corrected chi connectivity index (χ2v) is 9.10. The van der Waals surface area contributed by atoms with Crippen molar-refractivity contribution in [2.24, 2.45) is 0 Å². The molecule has 186 valence electrons. The summed E-state index contributed by atoms with van der Waals surface area (Å²) < 4.78 is 10.7. The number of methoxy groups -OCH3 is 1. The highest BCUT2D eigenvalue weighted by molar-refractivity contribution is 6.46. The van der Waals surface area contributed by atoms with Gasteiger partial charge in [-0.3, -0.25) is 14.5 Å². The Kier molecular flexibility index (Phi) is 7.02. The van der Waals surface area contributed by atoms with Crippen LogP contribution in [0, 0.1) is 0 Å². The summed E-state index contributed by atoms with van der Waals surface area (Å²) in [6.45, 7) is 4.37. The van der Waals surface area contributed by atoms with Crippen LogP contribution in [-0.4, -0.2) is 73.1 Å². The minimum absolute atomic E-state index is 0.118. The maximum Gasteiger partial charge on any atom is 0.295 e. The van der Waals surface area contributed by atoms with Crippen LogP contribution in [-0.2, 0) is 14.3 Å². The van der Waals surface area contributed by atoms with Crippen molar-refractivity contribution in [3.8, 4) is 5.75 Å². The Balaban J connectivity index is 1.55. The Morgan fingerprint density at radius 3 is 2.44 bits per heavy atom. The van der Waals surface area contributed by atoms with Gasteiger partial charge in [0.25, 0.3) is 11.7 Å². The van der Waals surface area contributed by atoms with E-state index in [-0.39, 0.29) is 11.3 Å². The first kappa shape index (κ1) is 24.0. The summed E-state index contributed by atoms with van der Waals surface area (Å²) in [6.07, 6.45) is 0.719. The average molecular weight is 487 g/mol. The minimum atomic E-state index is -0.678. The van der Waals surface area contributed by atoms with Crippen LogP contribution in [0.3, 0.4) is 0 Å². The third kappa shape index (κ3) is 4.59. The summed E-state index contributed by atoms with van der Waals surface area (Å²) in [5, 5.41) is 13.3. The monoisotopic (exact) mass is 486 g/mol. The predicted molar refractivity (Wildman–Crippen MR) is 138 cm³/mol. The third-order valence-electron chi connectivity index (χ3n) is 7.00. The number of ketones is 1. The first-order chi connectivity index (χ1) is 17.6. The SMILES string of the molecule is COc1ccc(/C(O)=C2/C(=O)C(=O)N(CCCN3CCOCC3)C2c2cccc3ccccc23)cc1. The fourth-order valence-corrected chi connectivity index (χ4v) is 5.12. The quantitative estimate of drug-likeness (QED) is 0.309. The maximum atomic E-state index is 13.4. The predicted octanol–water partition coefficient (Wildman–Crippen LogP) is 3.99. The van der Waals surface area contributed by atoms with E-state index in [0.29, 0.717) is 31.1 Å². The highest BCUT2D eigenvalue weighted by Gasteiger charge is 2.46. The highest BCUT2D eigenvalue weighted by atomic mass is 16.5. The van der Waals surface area contributed by atoms with E-state index in [9.17, 15) is 14.7 Å². The lowest BCUT2D eigenvalue weighted by atomic mass is 9.91. The molecular weight excluding hydrogens is 456 g/mol. The number of aliphatic hydroxyl groups is 1. The largest absolute Gasteiger partial charge is 0.507 e. The van der Waals surface area contributed by atoms with Crippen molar-refractivity contribution in [2.45, 2.75) is 12.5 Å². The van der Waals surface area contributed by atoms with Gasteiger partial charge in [-0.25, -0.2) is 0 Å². The lowest BCUT2D eigenvalue weighted by Crippen LogP contribution is -2.39. The summed E-state index contributed by atoms with van der Waals surface area (Å²) in [5.74, 6) is -0.775. The number of morpholine rings is 1. The van der Waals surface area contributed by atoms with Crippen LogP contribution in [0.2, 0.25) is 0 Å². The summed E-state index contributed by atoms with van der Waals surface area (Å²) in [5.41, 5.74) is 1.41. The molecular formula is C29H30N2O5. The summed E-state index contributed by atoms with van der Waals surface area (Å²) in [7, 11) is 1.57. The molecule has 7 heteroatoms. The van der Waals surface area contributed by atoms with E-state index in [1.165, 1.54) is 0 Å². The van der Waals surface area contributed by atoms with E-state index < -0.39 is 17.7 Å². The van der Waals surface area contributed by atoms with Gasteiger partial charge >= 0.3 is 0 Å². The molecule has 0 radical (unpaired) electrons. The first-order valence-corrected chi connectivity index (χ1v) is 12.3. The molecule has 0 bridgehead atoms. The standard InChI is InChI=1S/C29H30N2O5/c1-35-22-12-10-21(11-13-22)27(32)25-26(24-9-4-7-20-6-2-3-8-23(20)24)31(29(34)28(25)33)15-5-14-30-16-18-36-19-17-30/h2-4,6-13,26,32H,5,14-19H2,1H3/b27-25-. The molecule has 3 aromatic rings. The molecule has 2 saturated heterocycles. The van der Waals surface area contributed by atoms with Gasteiger partial charge in [0.2, 0.25) is 0 Å². The van der Waals surface area contributed by atoms with Gasteiger partial charge in [-0.2, -0.15) is 0 Å². The van der Waals surface area contributed by atoms with Crippen molar-refractivity contribution in [3.63, 3.8) is 0 Å². The third-order valence-corrected chi connectivity index (χ3v) is 7.00. The van der Waals surface area contributed by atoms with Gasteiger partial charge < -0.3 is 19.5 Å². The smallest absolute Gasteiger partial charge is 0.295 e. The second kappa shape index (κ2) is 10.5. The number of benzene rings is 3. The van der Waals surface area contributed by atoms with Crippen molar-refractivity contribution in [2.75, 3.05) is 46.5 Å². The van der Waals surface area contributed by atoms with E-state index in [4.69, 9.17) is 9.47 Å². The zero-order valence-electron chi connectivity index (χ0n) is 20.4. The molecule has 2 heterocycles. The lowest BCUT2D eigenvalue weighted by Gasteiger charge is -2.29. The number of amides is 1. The second-order valence-electron chi connectivity index (χ2n) is 9.10. The number of aliphatic hydroxyl groups excluding tert-OH is 1. The molecule has 0 aromatic heterocycles. The Morgan fingerprint density at radius 2 is 1.69 bits per heavy atom. The molecule has 1 atom stereocenters. The molecule has 7 nitrogen and oxygen atoms in total. The number of carbonyl (C=O) groups is 2. The molecule has 0 saturated carbocycles. The van der Waals surface area contributed by atoms with E-state index in [1.54, 1.807) is 36.3 Å². The molecule has 1 unspecified atom stereocenters. The normalized spacial score (nSPS) is 20.2. The molecule has 0 aliphatic carbocycles. The Hall–Kier alpha value is -3.68. The number of hydrogen-bond acceptors (Lipinski definition) is 6. The van der Waals surface area contributed by atoms with Crippen molar-refractivity contribution < 1.29 is 24.2 Å². The van der Waals surface area contributed by atoms with E-state index in [0.717, 1.165) is 42.4 Å². The molecule has 36 heavy (non-hydrogen) atoms. The number of rotatable bonds is 7. The highest BCUT2D eigenvalue weighted by Crippen LogP contribution is 2.42. The van der Waals surface area contributed by atoms with Crippen LogP contribution in [0.5, 0.6) is 5.75 Å². The molecule has 2 aliphatic heterocycles. The van der Waals surface area contributed by atoms with E-state index >= 15 is 0 Å². The number of hydrogen-bond donors (Lipinski definition) is 1. The maximum absolute atomic E-state index is 13.4. The van der Waals surface area contributed by atoms with Gasteiger partial charge in [0, 0.05) is 31.7 Å². The Bertz CT molecular complexity index is 1290. The van der Waals surface area contributed by atoms with Crippen LogP contribution < -0.4 is 4.74 Å². The van der Waals surface area contributed by atoms with Crippen LogP contribution >= 0.6 is 0 Å². The molecule has 5 rings (SSSR count). The zero-order chi connectivity index (χ0) is 25.1. The molecule has 2 fully saturated rings. The van der Waals surface area contributed by atoms with Gasteiger partial charge in [-0.15, -0.1) is 0 Å². The number of ether oxygens (including phenoxy) is 2. The molecule has 1 N–H and O–H groups in total. The number of likely N-dealkylation sites (tertiary alicyclic amines) is 1. The average Bonchev–Trinajstić information content (AvgIpc) is 3.18. The topological polar surface area (TPSA) is 79.3 Å². The number of Topliss-reactive ketones (excluding diaryl/α,β-unsaturated/α-hetero) is 1. The van der Waals surface area contributed by atoms with Crippen LogP contribution in [0.15, 0.2) is 72.3 Å². The summed E-state index contributed by atoms with van der Waals surface area (Å²) in [6, 6.07) is 19.9.